The SMILES string of the molecule is [Mg].[Ti].[Y].[Zn]. The number of rotatable bonds is 0. The molecule has 0 N–H and O–H groups in total. The molecule has 0 saturated carbocycles. The van der Waals surface area contributed by atoms with Crippen molar-refractivity contribution < 1.29 is 73.9 Å². The molecule has 0 aromatic rings. The van der Waals surface area contributed by atoms with Crippen LogP contribution in [0.5, 0.6) is 0 Å². The summed E-state index contributed by atoms with van der Waals surface area (Å²) in [5.74, 6) is 0. The molecule has 4 heteroatoms. The second-order valence-electron chi connectivity index (χ2n) is 0. The first-order valence-corrected chi connectivity index (χ1v) is 0. The molecule has 0 fully saturated rings. The third kappa shape index (κ3) is 8.96. The molecule has 0 aliphatic carbocycles. The molecule has 0 spiro atoms. The minimum Gasteiger partial charge on any atom is 0 e. The maximum absolute atomic E-state index is 0. The summed E-state index contributed by atoms with van der Waals surface area (Å²) in [5.41, 5.74) is 0. The van der Waals surface area contributed by atoms with Crippen LogP contribution < -0.4 is 0 Å². The monoisotopic (exact) mass is 225 g/mol. The van der Waals surface area contributed by atoms with E-state index >= 15 is 0 Å². The van der Waals surface area contributed by atoms with Gasteiger partial charge in [0.1, 0.15) is 0 Å². The molecule has 0 bridgehead atoms. The average molecular weight is 226 g/mol. The largest absolute Gasteiger partial charge is 0 e. The Morgan fingerprint density at radius 1 is 1.00 bits per heavy atom. The number of hydrogen-bond acceptors (Lipinski definition) is 0. The van der Waals surface area contributed by atoms with Crippen molar-refractivity contribution in [2.75, 3.05) is 0 Å². The van der Waals surface area contributed by atoms with E-state index in [2.05, 4.69) is 0 Å². The molecule has 11 valence electrons. The van der Waals surface area contributed by atoms with Gasteiger partial charge in [-0.05, 0) is 0 Å². The molecule has 0 nitrogen and oxygen atoms in total. The summed E-state index contributed by atoms with van der Waals surface area (Å²) in [6, 6.07) is 0. The van der Waals surface area contributed by atoms with Crippen LogP contribution in [-0.2, 0) is 73.9 Å². The first-order chi connectivity index (χ1) is 0. The van der Waals surface area contributed by atoms with E-state index in [1.807, 2.05) is 0 Å². The molecule has 0 unspecified atom stereocenters. The Labute approximate surface area is 94.9 Å². The van der Waals surface area contributed by atoms with E-state index in [1.54, 1.807) is 0 Å². The Morgan fingerprint density at radius 3 is 1.00 bits per heavy atom. The molecule has 0 aliphatic rings. The van der Waals surface area contributed by atoms with Gasteiger partial charge in [0.15, 0.2) is 0 Å². The van der Waals surface area contributed by atoms with Crippen LogP contribution in [-0.4, -0.2) is 23.1 Å². The summed E-state index contributed by atoms with van der Waals surface area (Å²) in [6.45, 7) is 0. The van der Waals surface area contributed by atoms with Crippen LogP contribution >= 0.6 is 0 Å². The first-order valence-electron chi connectivity index (χ1n) is 0. The van der Waals surface area contributed by atoms with Crippen molar-refractivity contribution in [3.63, 3.8) is 0 Å². The van der Waals surface area contributed by atoms with Crippen LogP contribution in [0.3, 0.4) is 0 Å². The van der Waals surface area contributed by atoms with Crippen molar-refractivity contribution in [3.8, 4) is 0 Å². The molecule has 0 rings (SSSR count). The molecule has 0 saturated heterocycles. The van der Waals surface area contributed by atoms with E-state index in [0.717, 1.165) is 0 Å². The van der Waals surface area contributed by atoms with Crippen LogP contribution in [0.1, 0.15) is 0 Å². The van der Waals surface area contributed by atoms with Gasteiger partial charge in [0.2, 0.25) is 0 Å². The molecule has 4 heavy (non-hydrogen) atoms. The fourth-order valence-electron chi connectivity index (χ4n) is 0. The van der Waals surface area contributed by atoms with Crippen molar-refractivity contribution in [3.05, 3.63) is 0 Å². The van der Waals surface area contributed by atoms with Gasteiger partial charge in [0.25, 0.3) is 0 Å². The molecule has 0 aromatic carbocycles. The normalized spacial score (nSPS) is 0. The standard InChI is InChI=1S/Mg.Ti.Y.Zn. The molecule has 0 atom stereocenters. The van der Waals surface area contributed by atoms with Gasteiger partial charge < -0.3 is 0 Å². The van der Waals surface area contributed by atoms with Gasteiger partial charge >= 0.3 is 0 Å². The van der Waals surface area contributed by atoms with Crippen LogP contribution in [0.25, 0.3) is 0 Å². The van der Waals surface area contributed by atoms with Crippen molar-refractivity contribution in [1.29, 1.82) is 0 Å². The van der Waals surface area contributed by atoms with E-state index in [0.29, 0.717) is 0 Å². The van der Waals surface area contributed by atoms with Gasteiger partial charge in [-0.25, -0.2) is 0 Å². The number of hydrogen-bond donors (Lipinski definition) is 0. The molecule has 0 amide bonds. The maximum Gasteiger partial charge on any atom is 0 e. The van der Waals surface area contributed by atoms with E-state index in [4.69, 9.17) is 0 Å². The van der Waals surface area contributed by atoms with Gasteiger partial charge in [-0.2, -0.15) is 0 Å². The zero-order chi connectivity index (χ0) is 0. The molecular formula is MgTiYZn. The fraction of sp³-hybridized carbons (Fsp3) is 0. The fourth-order valence-corrected chi connectivity index (χ4v) is 0. The second-order valence-corrected chi connectivity index (χ2v) is 0. The third-order valence-electron chi connectivity index (χ3n) is 0. The topological polar surface area (TPSA) is 0 Å². The Hall–Kier alpha value is 3.21. The Bertz CT molecular complexity index is 8.00. The van der Waals surface area contributed by atoms with Gasteiger partial charge in [-0.3, -0.25) is 0 Å². The second kappa shape index (κ2) is 16.4. The minimum absolute atomic E-state index is 0. The molecular weight excluding hydrogens is 226 g/mol. The van der Waals surface area contributed by atoms with E-state index in [9.17, 15) is 0 Å². The Kier molecular flexibility index (Phi) is 110. The first kappa shape index (κ1) is 27.0. The predicted molar refractivity (Wildman–Crippen MR) is 5.75 cm³/mol. The summed E-state index contributed by atoms with van der Waals surface area (Å²) in [7, 11) is 0. The predicted octanol–water partition coefficient (Wildman–Crippen LogP) is -0.388. The van der Waals surface area contributed by atoms with Gasteiger partial charge in [-0.15, -0.1) is 0 Å². The van der Waals surface area contributed by atoms with Crippen LogP contribution in [0.15, 0.2) is 0 Å². The van der Waals surface area contributed by atoms with Crippen LogP contribution in [0, 0.1) is 0 Å². The zero-order valence-corrected chi connectivity index (χ0v) is 11.3. The Morgan fingerprint density at radius 2 is 1.00 bits per heavy atom. The van der Waals surface area contributed by atoms with E-state index in [-0.39, 0.29) is 97.0 Å². The van der Waals surface area contributed by atoms with E-state index < -0.39 is 0 Å². The molecule has 0 aliphatic heterocycles. The summed E-state index contributed by atoms with van der Waals surface area (Å²) < 4.78 is 0. The van der Waals surface area contributed by atoms with Crippen LogP contribution in [0.2, 0.25) is 0 Å². The third-order valence-corrected chi connectivity index (χ3v) is 0. The average Bonchev–Trinajstić information content (AvgIpc) is 0. The van der Waals surface area contributed by atoms with Crippen LogP contribution in [0.4, 0.5) is 0 Å². The smallest absolute Gasteiger partial charge is 0 e. The van der Waals surface area contributed by atoms with Gasteiger partial charge in [-0.1, -0.05) is 0 Å². The summed E-state index contributed by atoms with van der Waals surface area (Å²) in [5, 5.41) is 0. The summed E-state index contributed by atoms with van der Waals surface area (Å²) in [6.07, 6.45) is 0. The zero-order valence-electron chi connectivity index (χ0n) is 2.49. The minimum atomic E-state index is 0. The Balaban J connectivity index is 0. The van der Waals surface area contributed by atoms with Gasteiger partial charge in [0, 0.05) is 97.0 Å². The summed E-state index contributed by atoms with van der Waals surface area (Å²) in [4.78, 5) is 0. The molecule has 3 radical (unpaired) electrons. The summed E-state index contributed by atoms with van der Waals surface area (Å²) >= 11 is 0. The van der Waals surface area contributed by atoms with Crippen molar-refractivity contribution in [1.82, 2.24) is 0 Å². The molecule has 0 aromatic heterocycles. The van der Waals surface area contributed by atoms with Gasteiger partial charge in [0.05, 0.1) is 0 Å². The molecule has 0 heterocycles. The maximum atomic E-state index is 0. The van der Waals surface area contributed by atoms with E-state index in [1.165, 1.54) is 0 Å². The van der Waals surface area contributed by atoms with Crippen molar-refractivity contribution >= 4 is 23.1 Å². The quantitative estimate of drug-likeness (QED) is 0.494. The van der Waals surface area contributed by atoms with Crippen molar-refractivity contribution in [2.45, 2.75) is 0 Å². The van der Waals surface area contributed by atoms with Crippen molar-refractivity contribution in [2.24, 2.45) is 0 Å².